The Morgan fingerprint density at radius 1 is 1.16 bits per heavy atom. The van der Waals surface area contributed by atoms with Crippen LogP contribution in [-0.2, 0) is 11.2 Å². The molecule has 3 nitrogen and oxygen atoms in total. The Morgan fingerprint density at radius 3 is 2.44 bits per heavy atom. The van der Waals surface area contributed by atoms with Crippen LogP contribution in [0.15, 0.2) is 48.5 Å². The zero-order valence-electron chi connectivity index (χ0n) is 14.1. The molecule has 0 spiro atoms. The summed E-state index contributed by atoms with van der Waals surface area (Å²) in [6.07, 6.45) is 0.405. The molecule has 2 atom stereocenters. The topological polar surface area (TPSA) is 41.1 Å². The summed E-state index contributed by atoms with van der Waals surface area (Å²) in [4.78, 5) is 12.6. The lowest BCUT2D eigenvalue weighted by Crippen LogP contribution is -2.50. The molecule has 1 amide bonds. The molecule has 1 aliphatic heterocycles. The molecule has 0 saturated carbocycles. The summed E-state index contributed by atoms with van der Waals surface area (Å²) in [5, 5.41) is 6.19. The lowest BCUT2D eigenvalue weighted by atomic mass is 9.87. The number of rotatable bonds is 6. The lowest BCUT2D eigenvalue weighted by molar-refractivity contribution is -0.127. The number of hydrogen-bond acceptors (Lipinski definition) is 2. The van der Waals surface area contributed by atoms with Gasteiger partial charge in [-0.1, -0.05) is 31.2 Å². The fourth-order valence-corrected chi connectivity index (χ4v) is 3.06. The number of amides is 1. The summed E-state index contributed by atoms with van der Waals surface area (Å²) < 4.78 is 27.1. The van der Waals surface area contributed by atoms with Crippen molar-refractivity contribution < 1.29 is 13.6 Å². The van der Waals surface area contributed by atoms with Crippen LogP contribution < -0.4 is 10.6 Å². The fraction of sp³-hybridized carbons (Fsp3) is 0.350. The highest BCUT2D eigenvalue weighted by molar-refractivity contribution is 5.79. The number of carbonyl (C=O) groups is 1. The van der Waals surface area contributed by atoms with Crippen molar-refractivity contribution in [3.63, 3.8) is 0 Å². The van der Waals surface area contributed by atoms with Gasteiger partial charge in [-0.25, -0.2) is 8.78 Å². The van der Waals surface area contributed by atoms with Crippen molar-refractivity contribution >= 4 is 5.91 Å². The van der Waals surface area contributed by atoms with Crippen molar-refractivity contribution in [1.82, 2.24) is 10.6 Å². The van der Waals surface area contributed by atoms with E-state index in [1.165, 1.54) is 24.3 Å². The Balaban J connectivity index is 1.79. The molecule has 5 heteroatoms. The highest BCUT2D eigenvalue weighted by Gasteiger charge is 2.30. The number of nitrogens with one attached hydrogen (secondary N) is 2. The van der Waals surface area contributed by atoms with E-state index in [4.69, 9.17) is 0 Å². The van der Waals surface area contributed by atoms with Crippen molar-refractivity contribution in [2.75, 3.05) is 13.1 Å². The van der Waals surface area contributed by atoms with Crippen LogP contribution in [-0.4, -0.2) is 19.0 Å². The molecule has 0 radical (unpaired) electrons. The summed E-state index contributed by atoms with van der Waals surface area (Å²) in [5.74, 6) is -0.535. The van der Waals surface area contributed by atoms with Crippen LogP contribution in [0.2, 0.25) is 0 Å². The van der Waals surface area contributed by atoms with E-state index in [0.29, 0.717) is 17.9 Å². The van der Waals surface area contributed by atoms with E-state index in [0.717, 1.165) is 18.7 Å². The van der Waals surface area contributed by atoms with Crippen LogP contribution in [0.1, 0.15) is 24.1 Å². The molecule has 1 fully saturated rings. The van der Waals surface area contributed by atoms with Crippen LogP contribution in [0.4, 0.5) is 8.78 Å². The highest BCUT2D eigenvalue weighted by Crippen LogP contribution is 2.23. The summed E-state index contributed by atoms with van der Waals surface area (Å²) in [6, 6.07) is 12.0. The summed E-state index contributed by atoms with van der Waals surface area (Å²) in [6.45, 7) is 3.58. The molecule has 132 valence electrons. The maximum atomic E-state index is 13.6. The minimum Gasteiger partial charge on any atom is -0.349 e. The predicted molar refractivity (Wildman–Crippen MR) is 92.9 cm³/mol. The van der Waals surface area contributed by atoms with Gasteiger partial charge in [-0.15, -0.1) is 0 Å². The van der Waals surface area contributed by atoms with Crippen molar-refractivity contribution in [1.29, 1.82) is 0 Å². The molecule has 25 heavy (non-hydrogen) atoms. The molecule has 3 rings (SSSR count). The summed E-state index contributed by atoms with van der Waals surface area (Å²) in [5.41, 5.74) is 1.43. The zero-order valence-corrected chi connectivity index (χ0v) is 14.1. The van der Waals surface area contributed by atoms with Crippen molar-refractivity contribution in [3.05, 3.63) is 71.3 Å². The Bertz CT molecular complexity index is 746. The molecule has 1 saturated heterocycles. The third-order valence-electron chi connectivity index (χ3n) is 4.83. The Hall–Kier alpha value is -2.27. The third kappa shape index (κ3) is 4.42. The van der Waals surface area contributed by atoms with Gasteiger partial charge in [0.05, 0.1) is 6.04 Å². The van der Waals surface area contributed by atoms with Gasteiger partial charge in [-0.3, -0.25) is 4.79 Å². The van der Waals surface area contributed by atoms with Gasteiger partial charge in [-0.05, 0) is 60.8 Å². The van der Waals surface area contributed by atoms with Gasteiger partial charge in [0.15, 0.2) is 0 Å². The normalized spacial score (nSPS) is 16.8. The van der Waals surface area contributed by atoms with Crippen molar-refractivity contribution in [2.45, 2.75) is 19.4 Å². The average molecular weight is 344 g/mol. The average Bonchev–Trinajstić information content (AvgIpc) is 2.52. The van der Waals surface area contributed by atoms with E-state index in [2.05, 4.69) is 10.6 Å². The van der Waals surface area contributed by atoms with Gasteiger partial charge >= 0.3 is 0 Å². The number of halogens is 2. The zero-order chi connectivity index (χ0) is 17.8. The first-order valence-electron chi connectivity index (χ1n) is 8.54. The van der Waals surface area contributed by atoms with Crippen LogP contribution >= 0.6 is 0 Å². The lowest BCUT2D eigenvalue weighted by Gasteiger charge is -2.33. The summed E-state index contributed by atoms with van der Waals surface area (Å²) >= 11 is 0. The van der Waals surface area contributed by atoms with Crippen LogP contribution in [0.5, 0.6) is 0 Å². The van der Waals surface area contributed by atoms with Gasteiger partial charge in [0, 0.05) is 5.92 Å². The smallest absolute Gasteiger partial charge is 0.223 e. The van der Waals surface area contributed by atoms with E-state index < -0.39 is 6.04 Å². The molecule has 0 aliphatic carbocycles. The third-order valence-corrected chi connectivity index (χ3v) is 4.83. The first-order chi connectivity index (χ1) is 12.0. The minimum absolute atomic E-state index is 0.0582. The largest absolute Gasteiger partial charge is 0.349 e. The van der Waals surface area contributed by atoms with E-state index in [-0.39, 0.29) is 23.5 Å². The molecular formula is C20H22F2N2O. The second kappa shape index (κ2) is 7.74. The second-order valence-corrected chi connectivity index (χ2v) is 6.66. The molecule has 0 bridgehead atoms. The van der Waals surface area contributed by atoms with Crippen LogP contribution in [0.3, 0.4) is 0 Å². The standard InChI is InChI=1S/C20H22F2N2O/c1-13(16-11-23-12-16)20(25)24-19(15-5-3-7-18(22)10-15)9-14-4-2-6-17(21)8-14/h2-8,10,13,16,19,23H,9,11-12H2,1H3,(H,24,25). The first kappa shape index (κ1) is 17.5. The van der Waals surface area contributed by atoms with Crippen LogP contribution in [0, 0.1) is 23.5 Å². The highest BCUT2D eigenvalue weighted by atomic mass is 19.1. The SMILES string of the molecule is CC(C(=O)NC(Cc1cccc(F)c1)c1cccc(F)c1)C1CNC1. The molecule has 1 heterocycles. The Morgan fingerprint density at radius 2 is 1.84 bits per heavy atom. The van der Waals surface area contributed by atoms with Gasteiger partial charge in [0.1, 0.15) is 11.6 Å². The van der Waals surface area contributed by atoms with Gasteiger partial charge in [-0.2, -0.15) is 0 Å². The Labute approximate surface area is 146 Å². The van der Waals surface area contributed by atoms with E-state index in [1.807, 2.05) is 6.92 Å². The van der Waals surface area contributed by atoms with Gasteiger partial charge in [0.25, 0.3) is 0 Å². The number of benzene rings is 2. The quantitative estimate of drug-likeness (QED) is 0.845. The number of hydrogen-bond donors (Lipinski definition) is 2. The monoisotopic (exact) mass is 344 g/mol. The van der Waals surface area contributed by atoms with E-state index in [9.17, 15) is 13.6 Å². The molecular weight excluding hydrogens is 322 g/mol. The maximum absolute atomic E-state index is 13.6. The van der Waals surface area contributed by atoms with Gasteiger partial charge < -0.3 is 10.6 Å². The van der Waals surface area contributed by atoms with Crippen molar-refractivity contribution in [3.8, 4) is 0 Å². The first-order valence-corrected chi connectivity index (χ1v) is 8.54. The molecule has 2 aromatic rings. The molecule has 2 unspecified atom stereocenters. The van der Waals surface area contributed by atoms with E-state index >= 15 is 0 Å². The predicted octanol–water partition coefficient (Wildman–Crippen LogP) is 3.22. The second-order valence-electron chi connectivity index (χ2n) is 6.66. The van der Waals surface area contributed by atoms with Crippen LogP contribution in [0.25, 0.3) is 0 Å². The minimum atomic E-state index is -0.402. The van der Waals surface area contributed by atoms with E-state index in [1.54, 1.807) is 24.3 Å². The molecule has 0 aromatic heterocycles. The fourth-order valence-electron chi connectivity index (χ4n) is 3.06. The van der Waals surface area contributed by atoms with Crippen molar-refractivity contribution in [2.24, 2.45) is 11.8 Å². The summed E-state index contributed by atoms with van der Waals surface area (Å²) in [7, 11) is 0. The number of carbonyl (C=O) groups excluding carboxylic acids is 1. The van der Waals surface area contributed by atoms with Gasteiger partial charge in [0.2, 0.25) is 5.91 Å². The Kier molecular flexibility index (Phi) is 5.43. The molecule has 2 N–H and O–H groups in total. The molecule has 1 aliphatic rings. The molecule has 2 aromatic carbocycles. The maximum Gasteiger partial charge on any atom is 0.223 e.